The van der Waals surface area contributed by atoms with E-state index in [1.807, 2.05) is 53.9 Å². The molecule has 0 spiro atoms. The second-order valence-corrected chi connectivity index (χ2v) is 10.5. The Kier molecular flexibility index (Phi) is 5.73. The summed E-state index contributed by atoms with van der Waals surface area (Å²) in [5.41, 5.74) is 3.56. The summed E-state index contributed by atoms with van der Waals surface area (Å²) in [7, 11) is -4.08. The first kappa shape index (κ1) is 22.6. The fraction of sp³-hybridized carbons (Fsp3) is 0.0370. The smallest absolute Gasteiger partial charge is 0.307 e. The fourth-order valence-electron chi connectivity index (χ4n) is 4.23. The van der Waals surface area contributed by atoms with E-state index in [0.29, 0.717) is 38.5 Å². The number of aliphatic carboxylic acids is 1. The van der Waals surface area contributed by atoms with Gasteiger partial charge in [0.15, 0.2) is 0 Å². The Morgan fingerprint density at radius 3 is 2.31 bits per heavy atom. The minimum Gasteiger partial charge on any atom is -0.481 e. The monoisotopic (exact) mass is 498 g/mol. The molecule has 0 fully saturated rings. The van der Waals surface area contributed by atoms with Crippen LogP contribution in [0.2, 0.25) is 0 Å². The first-order valence-corrected chi connectivity index (χ1v) is 12.9. The minimum atomic E-state index is -4.08. The second-order valence-electron chi connectivity index (χ2n) is 7.84. The number of aromatic nitrogens is 1. The molecule has 0 saturated heterocycles. The minimum absolute atomic E-state index is 0.0480. The Bertz CT molecular complexity index is 1710. The van der Waals surface area contributed by atoms with Crippen LogP contribution in [0.15, 0.2) is 95.2 Å². The summed E-state index contributed by atoms with van der Waals surface area (Å²) in [6.07, 6.45) is -0.191. The summed E-state index contributed by atoms with van der Waals surface area (Å²) in [5.74, 6) is -0.987. The average molecular weight is 499 g/mol. The Morgan fingerprint density at radius 1 is 0.943 bits per heavy atom. The molecule has 5 aromatic rings. The van der Waals surface area contributed by atoms with E-state index in [2.05, 4.69) is 4.85 Å². The van der Waals surface area contributed by atoms with Gasteiger partial charge < -0.3 is 5.11 Å². The summed E-state index contributed by atoms with van der Waals surface area (Å²) in [6.45, 7) is 7.63. The molecule has 8 heteroatoms. The molecule has 0 aliphatic heterocycles. The zero-order chi connectivity index (χ0) is 24.6. The second kappa shape index (κ2) is 8.87. The highest BCUT2D eigenvalue weighted by Crippen LogP contribution is 2.47. The molecular weight excluding hydrogens is 480 g/mol. The van der Waals surface area contributed by atoms with Gasteiger partial charge in [-0.15, -0.1) is 0 Å². The van der Waals surface area contributed by atoms with Crippen molar-refractivity contribution in [3.8, 4) is 22.4 Å². The highest BCUT2D eigenvalue weighted by Gasteiger charge is 2.29. The quantitative estimate of drug-likeness (QED) is 0.273. The van der Waals surface area contributed by atoms with Crippen molar-refractivity contribution in [1.82, 2.24) is 3.97 Å². The van der Waals surface area contributed by atoms with E-state index in [9.17, 15) is 13.2 Å². The molecule has 0 unspecified atom stereocenters. The Balaban J connectivity index is 1.86. The number of carbonyl (C=O) groups is 1. The molecule has 2 heterocycles. The van der Waals surface area contributed by atoms with Crippen LogP contribution in [0.5, 0.6) is 0 Å². The van der Waals surface area contributed by atoms with Crippen molar-refractivity contribution in [3.63, 3.8) is 0 Å². The molecule has 0 bridgehead atoms. The summed E-state index contributed by atoms with van der Waals surface area (Å²) < 4.78 is 29.5. The SMILES string of the molecule is [C-]#[N+]c1sccc1-c1c(-c2ccccc2)n(S(=O)(=O)c2ccc(CC(=O)O)cc2)c2ccccc12. The number of carboxylic acid groups (broad SMARTS) is 1. The zero-order valence-corrected chi connectivity index (χ0v) is 19.9. The lowest BCUT2D eigenvalue weighted by Gasteiger charge is -2.14. The van der Waals surface area contributed by atoms with Crippen molar-refractivity contribution in [1.29, 1.82) is 0 Å². The molecule has 0 saturated carbocycles. The predicted molar refractivity (Wildman–Crippen MR) is 137 cm³/mol. The number of para-hydroxylation sites is 1. The van der Waals surface area contributed by atoms with E-state index in [1.54, 1.807) is 12.1 Å². The van der Waals surface area contributed by atoms with Crippen molar-refractivity contribution < 1.29 is 18.3 Å². The van der Waals surface area contributed by atoms with Crippen molar-refractivity contribution in [3.05, 3.63) is 107 Å². The van der Waals surface area contributed by atoms with Gasteiger partial charge in [0.25, 0.3) is 10.0 Å². The van der Waals surface area contributed by atoms with Crippen LogP contribution >= 0.6 is 11.3 Å². The maximum atomic E-state index is 14.1. The van der Waals surface area contributed by atoms with Crippen LogP contribution in [0.4, 0.5) is 5.00 Å². The third-order valence-corrected chi connectivity index (χ3v) is 8.25. The lowest BCUT2D eigenvalue weighted by molar-refractivity contribution is -0.136. The molecule has 35 heavy (non-hydrogen) atoms. The number of thiophene rings is 1. The predicted octanol–water partition coefficient (Wildman–Crippen LogP) is 6.45. The fourth-order valence-corrected chi connectivity index (χ4v) is 6.46. The highest BCUT2D eigenvalue weighted by molar-refractivity contribution is 7.90. The van der Waals surface area contributed by atoms with E-state index < -0.39 is 16.0 Å². The van der Waals surface area contributed by atoms with Gasteiger partial charge in [0, 0.05) is 16.5 Å². The van der Waals surface area contributed by atoms with Crippen molar-refractivity contribution in [2.45, 2.75) is 11.3 Å². The maximum absolute atomic E-state index is 14.1. The molecule has 0 amide bonds. The average Bonchev–Trinajstić information content (AvgIpc) is 3.46. The molecule has 1 N–H and O–H groups in total. The van der Waals surface area contributed by atoms with Gasteiger partial charge in [-0.2, -0.15) is 11.3 Å². The highest BCUT2D eigenvalue weighted by atomic mass is 32.2. The molecule has 0 atom stereocenters. The Labute approximate surface area is 206 Å². The Morgan fingerprint density at radius 2 is 1.63 bits per heavy atom. The number of rotatable bonds is 6. The molecule has 0 radical (unpaired) electrons. The molecule has 0 aliphatic carbocycles. The molecule has 2 aromatic heterocycles. The number of hydrogen-bond donors (Lipinski definition) is 1. The number of benzene rings is 3. The summed E-state index contributed by atoms with van der Waals surface area (Å²) in [5, 5.41) is 12.1. The van der Waals surface area contributed by atoms with E-state index in [4.69, 9.17) is 11.7 Å². The van der Waals surface area contributed by atoms with Crippen molar-refractivity contribution in [2.24, 2.45) is 0 Å². The summed E-state index contributed by atoms with van der Waals surface area (Å²) in [6, 6.07) is 24.3. The van der Waals surface area contributed by atoms with Gasteiger partial charge in [0.1, 0.15) is 0 Å². The van der Waals surface area contributed by atoms with Gasteiger partial charge in [0.05, 0.1) is 29.1 Å². The maximum Gasteiger partial charge on any atom is 0.307 e. The van der Waals surface area contributed by atoms with Crippen LogP contribution < -0.4 is 0 Å². The van der Waals surface area contributed by atoms with Gasteiger partial charge in [-0.05, 0) is 34.7 Å². The van der Waals surface area contributed by atoms with Gasteiger partial charge in [-0.3, -0.25) is 4.79 Å². The largest absolute Gasteiger partial charge is 0.481 e. The summed E-state index contributed by atoms with van der Waals surface area (Å²) >= 11 is 1.32. The standard InChI is InChI=1S/C27H18N2O4S2/c1-28-27-22(15-16-34-27)25-21-9-5-6-10-23(21)29(26(25)19-7-3-2-4-8-19)35(32,33)20-13-11-18(12-14-20)17-24(30)31/h2-16H,17H2,(H,30,31). The van der Waals surface area contributed by atoms with E-state index in [1.165, 1.54) is 39.6 Å². The van der Waals surface area contributed by atoms with Gasteiger partial charge in [-0.25, -0.2) is 17.2 Å². The first-order chi connectivity index (χ1) is 16.9. The van der Waals surface area contributed by atoms with Crippen LogP contribution in [0, 0.1) is 6.57 Å². The van der Waals surface area contributed by atoms with E-state index >= 15 is 0 Å². The third-order valence-electron chi connectivity index (χ3n) is 5.71. The van der Waals surface area contributed by atoms with Crippen LogP contribution in [-0.4, -0.2) is 23.5 Å². The molecule has 6 nitrogen and oxygen atoms in total. The molecule has 3 aromatic carbocycles. The molecule has 172 valence electrons. The Hall–Kier alpha value is -4.19. The lowest BCUT2D eigenvalue weighted by atomic mass is 10.00. The first-order valence-electron chi connectivity index (χ1n) is 10.6. The van der Waals surface area contributed by atoms with Crippen LogP contribution in [-0.2, 0) is 21.2 Å². The molecular formula is C27H18N2O4S2. The number of fused-ring (bicyclic) bond motifs is 1. The van der Waals surface area contributed by atoms with Crippen LogP contribution in [0.25, 0.3) is 38.1 Å². The lowest BCUT2D eigenvalue weighted by Crippen LogP contribution is -2.14. The molecule has 5 rings (SSSR count). The number of hydrogen-bond acceptors (Lipinski definition) is 4. The van der Waals surface area contributed by atoms with Gasteiger partial charge in [-0.1, -0.05) is 66.7 Å². The molecule has 0 aliphatic rings. The topological polar surface area (TPSA) is 80.7 Å². The normalized spacial score (nSPS) is 11.4. The van der Waals surface area contributed by atoms with Gasteiger partial charge >= 0.3 is 5.97 Å². The van der Waals surface area contributed by atoms with Crippen molar-refractivity contribution in [2.75, 3.05) is 0 Å². The third kappa shape index (κ3) is 3.91. The van der Waals surface area contributed by atoms with Crippen LogP contribution in [0.3, 0.4) is 0 Å². The van der Waals surface area contributed by atoms with E-state index in [-0.39, 0.29) is 11.3 Å². The number of nitrogens with zero attached hydrogens (tertiary/aromatic N) is 2. The zero-order valence-electron chi connectivity index (χ0n) is 18.3. The van der Waals surface area contributed by atoms with E-state index in [0.717, 1.165) is 5.39 Å². The summed E-state index contributed by atoms with van der Waals surface area (Å²) in [4.78, 5) is 14.8. The van der Waals surface area contributed by atoms with Crippen LogP contribution in [0.1, 0.15) is 5.56 Å². The van der Waals surface area contributed by atoms with Gasteiger partial charge in [0.2, 0.25) is 5.00 Å². The number of carboxylic acids is 1. The van der Waals surface area contributed by atoms with Crippen molar-refractivity contribution >= 4 is 43.2 Å².